The number of nitrogens with zero attached hydrogens (tertiary/aromatic N) is 4. The Morgan fingerprint density at radius 2 is 2.07 bits per heavy atom. The molecule has 2 atom stereocenters. The number of sulfone groups is 1. The Morgan fingerprint density at radius 3 is 2.80 bits per heavy atom. The fourth-order valence-corrected chi connectivity index (χ4v) is 6.20. The molecule has 2 aliphatic rings. The first-order chi connectivity index (χ1) is 14.3. The van der Waals surface area contributed by atoms with Crippen LogP contribution in [0.2, 0.25) is 0 Å². The summed E-state index contributed by atoms with van der Waals surface area (Å²) in [6, 6.07) is 7.47. The van der Waals surface area contributed by atoms with Crippen LogP contribution < -0.4 is 9.47 Å². The number of thioether (sulfide) groups is 1. The molecule has 11 heteroatoms. The molecule has 0 radical (unpaired) electrons. The van der Waals surface area contributed by atoms with Crippen molar-refractivity contribution < 1.29 is 22.7 Å². The number of aromatic nitrogens is 3. The number of hydrogen-bond donors (Lipinski definition) is 0. The van der Waals surface area contributed by atoms with Crippen LogP contribution in [-0.2, 0) is 21.7 Å². The summed E-state index contributed by atoms with van der Waals surface area (Å²) in [6.07, 6.45) is 0.331. The molecule has 1 aromatic heterocycles. The second-order valence-electron chi connectivity index (χ2n) is 7.56. The lowest BCUT2D eigenvalue weighted by Crippen LogP contribution is -2.42. The number of para-hydroxylation sites is 2. The molecular weight excluding hydrogens is 428 g/mol. The Kier molecular flexibility index (Phi) is 5.92. The van der Waals surface area contributed by atoms with Crippen LogP contribution in [0.3, 0.4) is 0 Å². The van der Waals surface area contributed by atoms with Crippen LogP contribution in [0.4, 0.5) is 0 Å². The van der Waals surface area contributed by atoms with Crippen LogP contribution in [0, 0.1) is 0 Å². The Labute approximate surface area is 179 Å². The number of carbonyl (C=O) groups is 1. The Balaban J connectivity index is 1.30. The van der Waals surface area contributed by atoms with Gasteiger partial charge in [0.25, 0.3) is 0 Å². The summed E-state index contributed by atoms with van der Waals surface area (Å²) in [6.45, 7) is 0.802. The smallest absolute Gasteiger partial charge is 0.232 e. The number of hydrogen-bond acceptors (Lipinski definition) is 8. The van der Waals surface area contributed by atoms with Gasteiger partial charge >= 0.3 is 0 Å². The number of benzene rings is 1. The number of ether oxygens (including phenoxy) is 2. The molecule has 2 aliphatic heterocycles. The molecule has 0 aliphatic carbocycles. The van der Waals surface area contributed by atoms with Crippen LogP contribution in [0.5, 0.6) is 11.5 Å². The molecule has 1 aromatic carbocycles. The van der Waals surface area contributed by atoms with Crippen molar-refractivity contribution in [2.45, 2.75) is 23.6 Å². The van der Waals surface area contributed by atoms with Crippen molar-refractivity contribution in [1.29, 1.82) is 0 Å². The quantitative estimate of drug-likeness (QED) is 0.601. The summed E-state index contributed by atoms with van der Waals surface area (Å²) in [5.41, 5.74) is 0. The third-order valence-corrected chi connectivity index (χ3v) is 8.03. The molecule has 3 heterocycles. The van der Waals surface area contributed by atoms with Crippen LogP contribution >= 0.6 is 11.8 Å². The summed E-state index contributed by atoms with van der Waals surface area (Å²) in [5, 5.41) is 8.91. The standard InChI is InChI=1S/C19H24N4O5S2/c1-22(9-14-10-27-15-5-3-4-6-16(15)28-14)17(24)11-29-19-21-20-18(23(19)2)13-7-8-30(25,26)12-13/h3-6,13-14H,7-12H2,1-2H3. The van der Waals surface area contributed by atoms with Crippen LogP contribution in [0.1, 0.15) is 18.2 Å². The highest BCUT2D eigenvalue weighted by atomic mass is 32.2. The highest BCUT2D eigenvalue weighted by Gasteiger charge is 2.32. The maximum absolute atomic E-state index is 12.6. The normalized spacial score (nSPS) is 22.1. The van der Waals surface area contributed by atoms with Crippen molar-refractivity contribution in [3.05, 3.63) is 30.1 Å². The fourth-order valence-electron chi connectivity index (χ4n) is 3.60. The molecule has 162 valence electrons. The van der Waals surface area contributed by atoms with Gasteiger partial charge in [0.2, 0.25) is 5.91 Å². The molecule has 2 aromatic rings. The maximum Gasteiger partial charge on any atom is 0.232 e. The van der Waals surface area contributed by atoms with Crippen molar-refractivity contribution >= 4 is 27.5 Å². The van der Waals surface area contributed by atoms with E-state index in [9.17, 15) is 13.2 Å². The van der Waals surface area contributed by atoms with Gasteiger partial charge in [0.1, 0.15) is 12.4 Å². The van der Waals surface area contributed by atoms with E-state index in [-0.39, 0.29) is 35.2 Å². The van der Waals surface area contributed by atoms with Crippen molar-refractivity contribution in [3.63, 3.8) is 0 Å². The first-order valence-corrected chi connectivity index (χ1v) is 12.5. The molecule has 0 saturated carbocycles. The van der Waals surface area contributed by atoms with Gasteiger partial charge in [-0.1, -0.05) is 23.9 Å². The van der Waals surface area contributed by atoms with Crippen molar-refractivity contribution in [1.82, 2.24) is 19.7 Å². The Bertz CT molecular complexity index is 1040. The molecule has 2 unspecified atom stereocenters. The van der Waals surface area contributed by atoms with E-state index in [1.165, 1.54) is 11.8 Å². The van der Waals surface area contributed by atoms with Crippen molar-refractivity contribution in [3.8, 4) is 11.5 Å². The van der Waals surface area contributed by atoms with Gasteiger partial charge in [0, 0.05) is 20.0 Å². The molecule has 0 bridgehead atoms. The number of carbonyl (C=O) groups excluding carboxylic acids is 1. The fraction of sp³-hybridized carbons (Fsp3) is 0.526. The number of fused-ring (bicyclic) bond motifs is 1. The highest BCUT2D eigenvalue weighted by molar-refractivity contribution is 7.99. The molecule has 4 rings (SSSR count). The molecule has 0 spiro atoms. The van der Waals surface area contributed by atoms with E-state index >= 15 is 0 Å². The molecule has 0 N–H and O–H groups in total. The van der Waals surface area contributed by atoms with Gasteiger partial charge in [-0.25, -0.2) is 8.42 Å². The van der Waals surface area contributed by atoms with Gasteiger partial charge in [-0.15, -0.1) is 10.2 Å². The van der Waals surface area contributed by atoms with E-state index in [4.69, 9.17) is 9.47 Å². The van der Waals surface area contributed by atoms with Crippen molar-refractivity contribution in [2.24, 2.45) is 7.05 Å². The number of likely N-dealkylation sites (N-methyl/N-ethyl adjacent to an activating group) is 1. The molecule has 30 heavy (non-hydrogen) atoms. The lowest BCUT2D eigenvalue weighted by molar-refractivity contribution is -0.128. The summed E-state index contributed by atoms with van der Waals surface area (Å²) < 4.78 is 36.8. The van der Waals surface area contributed by atoms with E-state index in [0.717, 1.165) is 0 Å². The zero-order valence-corrected chi connectivity index (χ0v) is 18.5. The predicted molar refractivity (Wildman–Crippen MR) is 112 cm³/mol. The van der Waals surface area contributed by atoms with Crippen LogP contribution in [0.25, 0.3) is 0 Å². The van der Waals surface area contributed by atoms with E-state index < -0.39 is 9.84 Å². The lowest BCUT2D eigenvalue weighted by Gasteiger charge is -2.29. The predicted octanol–water partition coefficient (Wildman–Crippen LogP) is 1.11. The average Bonchev–Trinajstić information content (AvgIpc) is 3.27. The monoisotopic (exact) mass is 452 g/mol. The Morgan fingerprint density at radius 1 is 1.30 bits per heavy atom. The van der Waals surface area contributed by atoms with Crippen molar-refractivity contribution in [2.75, 3.05) is 37.5 Å². The largest absolute Gasteiger partial charge is 0.486 e. The topological polar surface area (TPSA) is 104 Å². The van der Waals surface area contributed by atoms with E-state index in [0.29, 0.717) is 42.1 Å². The molecule has 1 fully saturated rings. The van der Waals surface area contributed by atoms with E-state index in [1.54, 1.807) is 23.6 Å². The van der Waals surface area contributed by atoms with Crippen LogP contribution in [-0.4, -0.2) is 77.6 Å². The summed E-state index contributed by atoms with van der Waals surface area (Å²) >= 11 is 1.29. The van der Waals surface area contributed by atoms with Gasteiger partial charge in [-0.3, -0.25) is 4.79 Å². The highest BCUT2D eigenvalue weighted by Crippen LogP contribution is 2.31. The number of rotatable bonds is 6. The summed E-state index contributed by atoms with van der Waals surface area (Å²) in [4.78, 5) is 14.2. The second kappa shape index (κ2) is 8.46. The summed E-state index contributed by atoms with van der Waals surface area (Å²) in [7, 11) is 0.550. The third kappa shape index (κ3) is 4.56. The van der Waals surface area contributed by atoms with Gasteiger partial charge in [0.15, 0.2) is 32.6 Å². The molecule has 1 saturated heterocycles. The molecule has 1 amide bonds. The number of amides is 1. The average molecular weight is 453 g/mol. The minimum Gasteiger partial charge on any atom is -0.486 e. The van der Waals surface area contributed by atoms with Gasteiger partial charge in [-0.05, 0) is 18.6 Å². The zero-order valence-electron chi connectivity index (χ0n) is 16.9. The molecule has 9 nitrogen and oxygen atoms in total. The van der Waals surface area contributed by atoms with Gasteiger partial charge in [0.05, 0.1) is 23.8 Å². The first-order valence-electron chi connectivity index (χ1n) is 9.67. The lowest BCUT2D eigenvalue weighted by atomic mass is 10.1. The Hall–Kier alpha value is -2.27. The SMILES string of the molecule is CN(CC1COc2ccccc2O1)C(=O)CSc1nnc(C2CCS(=O)(=O)C2)n1C. The maximum atomic E-state index is 12.6. The minimum absolute atomic E-state index is 0.0598. The zero-order chi connectivity index (χ0) is 21.3. The second-order valence-corrected chi connectivity index (χ2v) is 10.7. The van der Waals surface area contributed by atoms with Gasteiger partial charge in [-0.2, -0.15) is 0 Å². The minimum atomic E-state index is -2.99. The summed E-state index contributed by atoms with van der Waals surface area (Å²) in [5.74, 6) is 2.37. The van der Waals surface area contributed by atoms with Crippen LogP contribution in [0.15, 0.2) is 29.4 Å². The van der Waals surface area contributed by atoms with Gasteiger partial charge < -0.3 is 18.9 Å². The third-order valence-electron chi connectivity index (χ3n) is 5.26. The van der Waals surface area contributed by atoms with E-state index in [2.05, 4.69) is 10.2 Å². The first kappa shape index (κ1) is 21.0. The van der Waals surface area contributed by atoms with E-state index in [1.807, 2.05) is 24.3 Å². The molecular formula is C19H24N4O5S2.